The predicted octanol–water partition coefficient (Wildman–Crippen LogP) is 4.65. The topological polar surface area (TPSA) is 52.6 Å². The van der Waals surface area contributed by atoms with Crippen molar-refractivity contribution >= 4 is 28.9 Å². The van der Waals surface area contributed by atoms with Crippen molar-refractivity contribution in [2.75, 3.05) is 34.8 Å². The molecule has 0 saturated carbocycles. The molecule has 1 aliphatic rings. The van der Waals surface area contributed by atoms with E-state index in [4.69, 9.17) is 0 Å². The highest BCUT2D eigenvalue weighted by Crippen LogP contribution is 2.28. The standard InChI is InChI=1S/C24H31N3O2/c1-5-26(6-2)21-11-13-22(14-12-21)27-16-19(15-23(27)28)24(29)25-20-9-7-18(8-10-20)17(3)4/h7-14,17,19H,5-6,15-16H2,1-4H3,(H,25,29). The van der Waals surface area contributed by atoms with Crippen LogP contribution in [-0.4, -0.2) is 31.4 Å². The van der Waals surface area contributed by atoms with E-state index in [9.17, 15) is 9.59 Å². The number of hydrogen-bond acceptors (Lipinski definition) is 3. The number of nitrogens with zero attached hydrogens (tertiary/aromatic N) is 2. The molecular formula is C24H31N3O2. The molecule has 5 heteroatoms. The van der Waals surface area contributed by atoms with Gasteiger partial charge in [-0.1, -0.05) is 26.0 Å². The molecule has 0 radical (unpaired) electrons. The Balaban J connectivity index is 1.64. The van der Waals surface area contributed by atoms with Gasteiger partial charge in [-0.15, -0.1) is 0 Å². The molecule has 29 heavy (non-hydrogen) atoms. The molecule has 2 aromatic rings. The summed E-state index contributed by atoms with van der Waals surface area (Å²) in [5.74, 6) is 0.0115. The SMILES string of the molecule is CCN(CC)c1ccc(N2CC(C(=O)Nc3ccc(C(C)C)cc3)CC2=O)cc1. The number of hydrogen-bond donors (Lipinski definition) is 1. The van der Waals surface area contributed by atoms with Crippen molar-refractivity contribution in [3.8, 4) is 0 Å². The van der Waals surface area contributed by atoms with E-state index < -0.39 is 0 Å². The highest BCUT2D eigenvalue weighted by molar-refractivity contribution is 6.03. The predicted molar refractivity (Wildman–Crippen MR) is 120 cm³/mol. The lowest BCUT2D eigenvalue weighted by atomic mass is 10.0. The lowest BCUT2D eigenvalue weighted by Crippen LogP contribution is -2.28. The first-order valence-corrected chi connectivity index (χ1v) is 10.5. The first kappa shape index (κ1) is 20.9. The van der Waals surface area contributed by atoms with Gasteiger partial charge in [0.1, 0.15) is 0 Å². The summed E-state index contributed by atoms with van der Waals surface area (Å²) in [5, 5.41) is 2.96. The molecule has 3 rings (SSSR count). The molecular weight excluding hydrogens is 362 g/mol. The maximum Gasteiger partial charge on any atom is 0.229 e. The van der Waals surface area contributed by atoms with Crippen LogP contribution in [0.15, 0.2) is 48.5 Å². The van der Waals surface area contributed by atoms with E-state index in [0.29, 0.717) is 12.5 Å². The van der Waals surface area contributed by atoms with Gasteiger partial charge in [0.2, 0.25) is 11.8 Å². The summed E-state index contributed by atoms with van der Waals surface area (Å²) >= 11 is 0. The Morgan fingerprint density at radius 2 is 1.69 bits per heavy atom. The third-order valence-electron chi connectivity index (χ3n) is 5.63. The third-order valence-corrected chi connectivity index (χ3v) is 5.63. The van der Waals surface area contributed by atoms with Gasteiger partial charge in [0.15, 0.2) is 0 Å². The lowest BCUT2D eigenvalue weighted by Gasteiger charge is -2.22. The molecule has 154 valence electrons. The molecule has 5 nitrogen and oxygen atoms in total. The fraction of sp³-hybridized carbons (Fsp3) is 0.417. The minimum atomic E-state index is -0.338. The largest absolute Gasteiger partial charge is 0.372 e. The molecule has 1 heterocycles. The summed E-state index contributed by atoms with van der Waals surface area (Å²) in [6.45, 7) is 10.8. The first-order chi connectivity index (χ1) is 13.9. The van der Waals surface area contributed by atoms with Gasteiger partial charge in [0.25, 0.3) is 0 Å². The highest BCUT2D eigenvalue weighted by atomic mass is 16.2. The van der Waals surface area contributed by atoms with Crippen LogP contribution in [0, 0.1) is 5.92 Å². The van der Waals surface area contributed by atoms with Gasteiger partial charge in [-0.25, -0.2) is 0 Å². The summed E-state index contributed by atoms with van der Waals surface area (Å²) in [5.41, 5.74) is 4.00. The Kier molecular flexibility index (Phi) is 6.57. The second-order valence-corrected chi connectivity index (χ2v) is 7.86. The number of rotatable bonds is 7. The van der Waals surface area contributed by atoms with E-state index in [1.165, 1.54) is 5.56 Å². The minimum Gasteiger partial charge on any atom is -0.372 e. The van der Waals surface area contributed by atoms with E-state index in [0.717, 1.165) is 30.2 Å². The molecule has 2 amide bonds. The highest BCUT2D eigenvalue weighted by Gasteiger charge is 2.35. The Labute approximate surface area is 173 Å². The van der Waals surface area contributed by atoms with Crippen LogP contribution in [0.3, 0.4) is 0 Å². The van der Waals surface area contributed by atoms with E-state index in [1.54, 1.807) is 4.90 Å². The molecule has 0 aromatic heterocycles. The molecule has 1 saturated heterocycles. The zero-order chi connectivity index (χ0) is 21.0. The van der Waals surface area contributed by atoms with Crippen molar-refractivity contribution in [1.29, 1.82) is 0 Å². The van der Waals surface area contributed by atoms with Crippen molar-refractivity contribution in [2.45, 2.75) is 40.0 Å². The molecule has 1 fully saturated rings. The normalized spacial score (nSPS) is 16.4. The third kappa shape index (κ3) is 4.78. The van der Waals surface area contributed by atoms with Crippen LogP contribution in [0.4, 0.5) is 17.1 Å². The van der Waals surface area contributed by atoms with Crippen LogP contribution in [0.2, 0.25) is 0 Å². The van der Waals surface area contributed by atoms with Gasteiger partial charge in [0.05, 0.1) is 5.92 Å². The van der Waals surface area contributed by atoms with Crippen LogP contribution in [0.25, 0.3) is 0 Å². The van der Waals surface area contributed by atoms with E-state index >= 15 is 0 Å². The average molecular weight is 394 g/mol. The van der Waals surface area contributed by atoms with Crippen molar-refractivity contribution in [2.24, 2.45) is 5.92 Å². The summed E-state index contributed by atoms with van der Waals surface area (Å²) < 4.78 is 0. The van der Waals surface area contributed by atoms with E-state index in [2.05, 4.69) is 37.9 Å². The minimum absolute atomic E-state index is 0.00380. The smallest absolute Gasteiger partial charge is 0.229 e. The van der Waals surface area contributed by atoms with Crippen LogP contribution in [-0.2, 0) is 9.59 Å². The zero-order valence-corrected chi connectivity index (χ0v) is 17.8. The molecule has 1 N–H and O–H groups in total. The molecule has 0 bridgehead atoms. The van der Waals surface area contributed by atoms with Gasteiger partial charge in [-0.3, -0.25) is 9.59 Å². The van der Waals surface area contributed by atoms with Crippen LogP contribution >= 0.6 is 0 Å². The van der Waals surface area contributed by atoms with Gasteiger partial charge in [-0.05, 0) is 61.7 Å². The molecule has 1 aliphatic heterocycles. The lowest BCUT2D eigenvalue weighted by molar-refractivity contribution is -0.122. The maximum atomic E-state index is 12.7. The first-order valence-electron chi connectivity index (χ1n) is 10.5. The van der Waals surface area contributed by atoms with Gasteiger partial charge >= 0.3 is 0 Å². The van der Waals surface area contributed by atoms with E-state index in [-0.39, 0.29) is 24.2 Å². The number of amides is 2. The van der Waals surface area contributed by atoms with Crippen molar-refractivity contribution in [3.63, 3.8) is 0 Å². The van der Waals surface area contributed by atoms with Gasteiger partial charge < -0.3 is 15.1 Å². The van der Waals surface area contributed by atoms with E-state index in [1.807, 2.05) is 48.5 Å². The van der Waals surface area contributed by atoms with Crippen LogP contribution < -0.4 is 15.1 Å². The Hall–Kier alpha value is -2.82. The van der Waals surface area contributed by atoms with Crippen LogP contribution in [0.1, 0.15) is 45.6 Å². The summed E-state index contributed by atoms with van der Waals surface area (Å²) in [7, 11) is 0. The summed E-state index contributed by atoms with van der Waals surface area (Å²) in [6, 6.07) is 15.9. The Morgan fingerprint density at radius 3 is 2.24 bits per heavy atom. The second kappa shape index (κ2) is 9.12. The second-order valence-electron chi connectivity index (χ2n) is 7.86. The maximum absolute atomic E-state index is 12.7. The fourth-order valence-electron chi connectivity index (χ4n) is 3.76. The molecule has 1 atom stereocenters. The molecule has 0 aliphatic carbocycles. The van der Waals surface area contributed by atoms with Crippen molar-refractivity contribution in [1.82, 2.24) is 0 Å². The average Bonchev–Trinajstić information content (AvgIpc) is 3.12. The van der Waals surface area contributed by atoms with Gasteiger partial charge in [-0.2, -0.15) is 0 Å². The molecule has 0 spiro atoms. The number of anilines is 3. The quantitative estimate of drug-likeness (QED) is 0.745. The van der Waals surface area contributed by atoms with Crippen molar-refractivity contribution < 1.29 is 9.59 Å². The summed E-state index contributed by atoms with van der Waals surface area (Å²) in [6.07, 6.45) is 0.244. The summed E-state index contributed by atoms with van der Waals surface area (Å²) in [4.78, 5) is 29.2. The number of carbonyl (C=O) groups excluding carboxylic acids is 2. The number of benzene rings is 2. The number of nitrogens with one attached hydrogen (secondary N) is 1. The van der Waals surface area contributed by atoms with Gasteiger partial charge in [0, 0.05) is 43.1 Å². The fourth-order valence-corrected chi connectivity index (χ4v) is 3.76. The molecule has 1 unspecified atom stereocenters. The number of carbonyl (C=O) groups is 2. The van der Waals surface area contributed by atoms with Crippen molar-refractivity contribution in [3.05, 3.63) is 54.1 Å². The molecule has 2 aromatic carbocycles. The zero-order valence-electron chi connectivity index (χ0n) is 17.8. The van der Waals surface area contributed by atoms with Crippen LogP contribution in [0.5, 0.6) is 0 Å². The Morgan fingerprint density at radius 1 is 1.07 bits per heavy atom. The monoisotopic (exact) mass is 393 g/mol. The Bertz CT molecular complexity index is 839.